The molecule has 1 aromatic carbocycles. The highest BCUT2D eigenvalue weighted by molar-refractivity contribution is 7.80. The third-order valence-electron chi connectivity index (χ3n) is 7.11. The number of thiocarbonyl (C=S) groups is 1. The summed E-state index contributed by atoms with van der Waals surface area (Å²) in [7, 11) is 0. The van der Waals surface area contributed by atoms with E-state index < -0.39 is 0 Å². The maximum atomic E-state index is 13.5. The number of piperidine rings is 1. The van der Waals surface area contributed by atoms with Crippen LogP contribution < -0.4 is 15.5 Å². The SMILES string of the molecule is Cc1cc(N2C[C@H](C)C[C@@H](C)C2)nc(NC(=S)NCC2(c3ccc(F)cc3)CCCCC2)n1. The van der Waals surface area contributed by atoms with Crippen LogP contribution in [0.4, 0.5) is 16.2 Å². The van der Waals surface area contributed by atoms with Crippen molar-refractivity contribution in [3.8, 4) is 0 Å². The lowest BCUT2D eigenvalue weighted by Gasteiger charge is -2.38. The van der Waals surface area contributed by atoms with Crippen molar-refractivity contribution in [2.45, 2.75) is 64.7 Å². The van der Waals surface area contributed by atoms with Gasteiger partial charge in [0.15, 0.2) is 5.11 Å². The van der Waals surface area contributed by atoms with Gasteiger partial charge in [-0.2, -0.15) is 4.98 Å². The first-order valence-corrected chi connectivity index (χ1v) is 12.7. The number of aryl methyl sites for hydroxylation is 1. The standard InChI is InChI=1S/C26H36FN5S/c1-18-13-19(2)16-32(15-18)23-14-20(3)29-24(30-23)31-25(33)28-17-26(11-5-4-6-12-26)21-7-9-22(27)10-8-21/h7-10,14,18-19H,4-6,11-13,15-17H2,1-3H3,(H2,28,29,30,31,33)/t18-,19-/m1/s1. The van der Waals surface area contributed by atoms with Crippen LogP contribution in [0.1, 0.15) is 63.6 Å². The van der Waals surface area contributed by atoms with Crippen LogP contribution in [0.25, 0.3) is 0 Å². The van der Waals surface area contributed by atoms with Crippen LogP contribution in [0.2, 0.25) is 0 Å². The fraction of sp³-hybridized carbons (Fsp3) is 0.577. The van der Waals surface area contributed by atoms with Crippen molar-refractivity contribution in [1.82, 2.24) is 15.3 Å². The fourth-order valence-corrected chi connectivity index (χ4v) is 5.78. The minimum atomic E-state index is -0.195. The van der Waals surface area contributed by atoms with Gasteiger partial charge in [-0.25, -0.2) is 9.37 Å². The molecule has 33 heavy (non-hydrogen) atoms. The molecule has 1 aliphatic carbocycles. The van der Waals surface area contributed by atoms with Crippen LogP contribution in [-0.2, 0) is 5.41 Å². The monoisotopic (exact) mass is 469 g/mol. The number of rotatable bonds is 5. The van der Waals surface area contributed by atoms with E-state index in [1.54, 1.807) is 12.1 Å². The lowest BCUT2D eigenvalue weighted by Crippen LogP contribution is -2.43. The topological polar surface area (TPSA) is 53.1 Å². The van der Waals surface area contributed by atoms with Crippen molar-refractivity contribution < 1.29 is 4.39 Å². The Morgan fingerprint density at radius 2 is 1.76 bits per heavy atom. The molecule has 0 unspecified atom stereocenters. The molecular weight excluding hydrogens is 433 g/mol. The second-order valence-corrected chi connectivity index (χ2v) is 10.6. The van der Waals surface area contributed by atoms with Crippen molar-refractivity contribution in [2.75, 3.05) is 29.9 Å². The van der Waals surface area contributed by atoms with Crippen LogP contribution in [0, 0.1) is 24.6 Å². The second-order valence-electron chi connectivity index (χ2n) is 10.2. The third-order valence-corrected chi connectivity index (χ3v) is 7.36. The first-order chi connectivity index (χ1) is 15.8. The molecular formula is C26H36FN5S. The number of halogens is 1. The van der Waals surface area contributed by atoms with Crippen molar-refractivity contribution in [2.24, 2.45) is 11.8 Å². The van der Waals surface area contributed by atoms with Crippen LogP contribution in [-0.4, -0.2) is 34.7 Å². The molecule has 2 heterocycles. The summed E-state index contributed by atoms with van der Waals surface area (Å²) in [5.74, 6) is 2.61. The first kappa shape index (κ1) is 23.9. The summed E-state index contributed by atoms with van der Waals surface area (Å²) in [6, 6.07) is 9.03. The molecule has 2 atom stereocenters. The number of anilines is 2. The fourth-order valence-electron chi connectivity index (χ4n) is 5.61. The highest BCUT2D eigenvalue weighted by atomic mass is 32.1. The molecule has 1 saturated heterocycles. The molecule has 178 valence electrons. The van der Waals surface area contributed by atoms with Crippen molar-refractivity contribution in [1.29, 1.82) is 0 Å². The lowest BCUT2D eigenvalue weighted by atomic mass is 9.69. The Morgan fingerprint density at radius 1 is 1.09 bits per heavy atom. The normalized spacial score (nSPS) is 22.6. The van der Waals surface area contributed by atoms with E-state index in [1.165, 1.54) is 31.2 Å². The van der Waals surface area contributed by atoms with E-state index in [1.807, 2.05) is 19.1 Å². The minimum absolute atomic E-state index is 0.0314. The third kappa shape index (κ3) is 5.99. The van der Waals surface area contributed by atoms with E-state index >= 15 is 0 Å². The van der Waals surface area contributed by atoms with E-state index in [0.717, 1.165) is 37.4 Å². The van der Waals surface area contributed by atoms with Crippen molar-refractivity contribution in [3.63, 3.8) is 0 Å². The molecule has 0 radical (unpaired) electrons. The Balaban J connectivity index is 1.43. The molecule has 1 aromatic heterocycles. The summed E-state index contributed by atoms with van der Waals surface area (Å²) in [5, 5.41) is 7.16. The van der Waals surface area contributed by atoms with Gasteiger partial charge in [-0.1, -0.05) is 45.2 Å². The van der Waals surface area contributed by atoms with Crippen LogP contribution >= 0.6 is 12.2 Å². The molecule has 5 nitrogen and oxygen atoms in total. The Morgan fingerprint density at radius 3 is 2.42 bits per heavy atom. The molecule has 7 heteroatoms. The molecule has 4 rings (SSSR count). The summed E-state index contributed by atoms with van der Waals surface area (Å²) in [6.45, 7) is 9.35. The first-order valence-electron chi connectivity index (χ1n) is 12.2. The van der Waals surface area contributed by atoms with Gasteiger partial charge < -0.3 is 15.5 Å². The summed E-state index contributed by atoms with van der Waals surface area (Å²) in [6.07, 6.45) is 7.01. The average Bonchev–Trinajstić information content (AvgIpc) is 2.78. The number of hydrogen-bond acceptors (Lipinski definition) is 4. The van der Waals surface area contributed by atoms with Gasteiger partial charge in [0.2, 0.25) is 5.95 Å². The summed E-state index contributed by atoms with van der Waals surface area (Å²) < 4.78 is 13.5. The van der Waals surface area contributed by atoms with Gasteiger partial charge in [-0.15, -0.1) is 0 Å². The smallest absolute Gasteiger partial charge is 0.231 e. The molecule has 0 amide bonds. The second kappa shape index (κ2) is 10.3. The minimum Gasteiger partial charge on any atom is -0.361 e. The highest BCUT2D eigenvalue weighted by Crippen LogP contribution is 2.39. The van der Waals surface area contributed by atoms with Gasteiger partial charge in [0.1, 0.15) is 11.6 Å². The molecule has 0 bridgehead atoms. The lowest BCUT2D eigenvalue weighted by molar-refractivity contribution is 0.292. The average molecular weight is 470 g/mol. The number of aromatic nitrogens is 2. The zero-order valence-corrected chi connectivity index (χ0v) is 20.8. The maximum absolute atomic E-state index is 13.5. The Labute approximate surface area is 202 Å². The summed E-state index contributed by atoms with van der Waals surface area (Å²) >= 11 is 5.63. The number of hydrogen-bond donors (Lipinski definition) is 2. The van der Waals surface area contributed by atoms with E-state index in [-0.39, 0.29) is 11.2 Å². The summed E-state index contributed by atoms with van der Waals surface area (Å²) in [4.78, 5) is 11.7. The molecule has 2 N–H and O–H groups in total. The Bertz CT molecular complexity index is 948. The Kier molecular flexibility index (Phi) is 7.47. The zero-order valence-electron chi connectivity index (χ0n) is 20.0. The molecule has 0 spiro atoms. The van der Waals surface area contributed by atoms with Gasteiger partial charge in [0.25, 0.3) is 0 Å². The van der Waals surface area contributed by atoms with Gasteiger partial charge in [0, 0.05) is 36.8 Å². The summed E-state index contributed by atoms with van der Waals surface area (Å²) in [5.41, 5.74) is 2.07. The van der Waals surface area contributed by atoms with Crippen molar-refractivity contribution in [3.05, 3.63) is 47.4 Å². The molecule has 1 aliphatic heterocycles. The van der Waals surface area contributed by atoms with Crippen LogP contribution in [0.3, 0.4) is 0 Å². The van der Waals surface area contributed by atoms with Gasteiger partial charge in [0.05, 0.1) is 0 Å². The predicted molar refractivity (Wildman–Crippen MR) is 137 cm³/mol. The quantitative estimate of drug-likeness (QED) is 0.557. The number of nitrogens with one attached hydrogen (secondary N) is 2. The van der Waals surface area contributed by atoms with E-state index in [2.05, 4.69) is 40.4 Å². The van der Waals surface area contributed by atoms with Crippen LogP contribution in [0.5, 0.6) is 0 Å². The van der Waals surface area contributed by atoms with Gasteiger partial charge in [-0.05, 0) is 67.9 Å². The maximum Gasteiger partial charge on any atom is 0.231 e. The highest BCUT2D eigenvalue weighted by Gasteiger charge is 2.34. The van der Waals surface area contributed by atoms with E-state index in [9.17, 15) is 4.39 Å². The number of nitrogens with zero attached hydrogens (tertiary/aromatic N) is 3. The van der Waals surface area contributed by atoms with Gasteiger partial charge >= 0.3 is 0 Å². The molecule has 2 aromatic rings. The molecule has 2 aliphatic rings. The zero-order chi connectivity index (χ0) is 23.4. The van der Waals surface area contributed by atoms with E-state index in [4.69, 9.17) is 17.2 Å². The van der Waals surface area contributed by atoms with Gasteiger partial charge in [-0.3, -0.25) is 0 Å². The molecule has 1 saturated carbocycles. The molecule has 2 fully saturated rings. The Hall–Kier alpha value is -2.28. The largest absolute Gasteiger partial charge is 0.361 e. The van der Waals surface area contributed by atoms with E-state index in [0.29, 0.717) is 29.4 Å². The number of benzene rings is 1. The van der Waals surface area contributed by atoms with Crippen LogP contribution in [0.15, 0.2) is 30.3 Å². The predicted octanol–water partition coefficient (Wildman–Crippen LogP) is 5.59. The van der Waals surface area contributed by atoms with Crippen molar-refractivity contribution >= 4 is 29.1 Å².